The lowest BCUT2D eigenvalue weighted by molar-refractivity contribution is 0.0740. The van der Waals surface area contributed by atoms with Crippen LogP contribution in [0.3, 0.4) is 0 Å². The SMILES string of the molecule is Cc1nn(-c2ccccn2)c(C)c1N1CCN(C(=O)c2cnccn2)CC1. The molecule has 0 aromatic carbocycles. The largest absolute Gasteiger partial charge is 0.365 e. The van der Waals surface area contributed by atoms with E-state index in [9.17, 15) is 4.79 Å². The van der Waals surface area contributed by atoms with Crippen LogP contribution in [0.4, 0.5) is 5.69 Å². The molecular formula is C19H21N7O. The maximum Gasteiger partial charge on any atom is 0.274 e. The number of anilines is 1. The van der Waals surface area contributed by atoms with Crippen molar-refractivity contribution in [2.45, 2.75) is 13.8 Å². The van der Waals surface area contributed by atoms with Crippen molar-refractivity contribution < 1.29 is 4.79 Å². The molecule has 0 bridgehead atoms. The van der Waals surface area contributed by atoms with Gasteiger partial charge in [0.15, 0.2) is 5.82 Å². The number of nitrogens with zero attached hydrogens (tertiary/aromatic N) is 7. The third-order valence-corrected chi connectivity index (χ3v) is 4.78. The zero-order valence-electron chi connectivity index (χ0n) is 15.4. The van der Waals surface area contributed by atoms with E-state index in [-0.39, 0.29) is 5.91 Å². The molecule has 0 unspecified atom stereocenters. The summed E-state index contributed by atoms with van der Waals surface area (Å²) in [7, 11) is 0. The highest BCUT2D eigenvalue weighted by Crippen LogP contribution is 2.27. The molecule has 0 atom stereocenters. The third kappa shape index (κ3) is 3.25. The predicted octanol–water partition coefficient (Wildman–Crippen LogP) is 1.64. The molecule has 4 rings (SSSR count). The Labute approximate surface area is 157 Å². The van der Waals surface area contributed by atoms with Gasteiger partial charge >= 0.3 is 0 Å². The quantitative estimate of drug-likeness (QED) is 0.704. The first kappa shape index (κ1) is 17.1. The highest BCUT2D eigenvalue weighted by molar-refractivity contribution is 5.92. The number of rotatable bonds is 3. The lowest BCUT2D eigenvalue weighted by Gasteiger charge is -2.36. The first-order valence-electron chi connectivity index (χ1n) is 8.93. The second-order valence-electron chi connectivity index (χ2n) is 6.49. The Morgan fingerprint density at radius 3 is 2.48 bits per heavy atom. The average molecular weight is 363 g/mol. The van der Waals surface area contributed by atoms with Crippen LogP contribution >= 0.6 is 0 Å². The van der Waals surface area contributed by atoms with Crippen LogP contribution in [-0.4, -0.2) is 61.7 Å². The molecule has 138 valence electrons. The lowest BCUT2D eigenvalue weighted by Crippen LogP contribution is -2.49. The number of carbonyl (C=O) groups excluding carboxylic acids is 1. The van der Waals surface area contributed by atoms with Gasteiger partial charge in [-0.2, -0.15) is 5.10 Å². The van der Waals surface area contributed by atoms with Gasteiger partial charge in [-0.25, -0.2) is 14.6 Å². The van der Waals surface area contributed by atoms with Gasteiger partial charge < -0.3 is 9.80 Å². The Morgan fingerprint density at radius 1 is 1.00 bits per heavy atom. The van der Waals surface area contributed by atoms with Gasteiger partial charge in [-0.1, -0.05) is 6.07 Å². The summed E-state index contributed by atoms with van der Waals surface area (Å²) in [5.74, 6) is 0.737. The van der Waals surface area contributed by atoms with Crippen LogP contribution in [0.15, 0.2) is 43.0 Å². The number of hydrogen-bond acceptors (Lipinski definition) is 6. The van der Waals surface area contributed by atoms with Crippen molar-refractivity contribution in [3.8, 4) is 5.82 Å². The summed E-state index contributed by atoms with van der Waals surface area (Å²) in [4.78, 5) is 29.1. The smallest absolute Gasteiger partial charge is 0.274 e. The maximum atomic E-state index is 12.5. The Bertz CT molecular complexity index is 931. The second-order valence-corrected chi connectivity index (χ2v) is 6.49. The monoisotopic (exact) mass is 363 g/mol. The van der Waals surface area contributed by atoms with E-state index in [2.05, 4.69) is 31.9 Å². The molecule has 0 aliphatic carbocycles. The number of amides is 1. The summed E-state index contributed by atoms with van der Waals surface area (Å²) >= 11 is 0. The zero-order chi connectivity index (χ0) is 18.8. The predicted molar refractivity (Wildman–Crippen MR) is 101 cm³/mol. The van der Waals surface area contributed by atoms with E-state index in [0.717, 1.165) is 36.0 Å². The summed E-state index contributed by atoms with van der Waals surface area (Å²) in [5.41, 5.74) is 3.53. The van der Waals surface area contributed by atoms with Gasteiger partial charge in [-0.3, -0.25) is 9.78 Å². The zero-order valence-corrected chi connectivity index (χ0v) is 15.4. The van der Waals surface area contributed by atoms with Crippen molar-refractivity contribution in [3.05, 3.63) is 60.1 Å². The van der Waals surface area contributed by atoms with Crippen LogP contribution in [0, 0.1) is 13.8 Å². The first-order chi connectivity index (χ1) is 13.1. The third-order valence-electron chi connectivity index (χ3n) is 4.78. The van der Waals surface area contributed by atoms with Gasteiger partial charge in [0.2, 0.25) is 0 Å². The fourth-order valence-corrected chi connectivity index (χ4v) is 3.50. The number of aromatic nitrogens is 5. The number of pyridine rings is 1. The molecule has 0 spiro atoms. The number of hydrogen-bond donors (Lipinski definition) is 0. The van der Waals surface area contributed by atoms with Crippen molar-refractivity contribution in [3.63, 3.8) is 0 Å². The Morgan fingerprint density at radius 2 is 1.81 bits per heavy atom. The summed E-state index contributed by atoms with van der Waals surface area (Å²) in [6, 6.07) is 5.79. The van der Waals surface area contributed by atoms with Crippen LogP contribution in [0.2, 0.25) is 0 Å². The van der Waals surface area contributed by atoms with Gasteiger partial charge in [0.1, 0.15) is 5.69 Å². The highest BCUT2D eigenvalue weighted by atomic mass is 16.2. The van der Waals surface area contributed by atoms with Crippen LogP contribution in [-0.2, 0) is 0 Å². The molecule has 1 aliphatic heterocycles. The van der Waals surface area contributed by atoms with Crippen LogP contribution in [0.5, 0.6) is 0 Å². The molecule has 0 saturated carbocycles. The van der Waals surface area contributed by atoms with Gasteiger partial charge in [-0.05, 0) is 26.0 Å². The molecule has 27 heavy (non-hydrogen) atoms. The molecule has 4 heterocycles. The topological polar surface area (TPSA) is 80.0 Å². The average Bonchev–Trinajstić information content (AvgIpc) is 3.03. The van der Waals surface area contributed by atoms with E-state index < -0.39 is 0 Å². The fourth-order valence-electron chi connectivity index (χ4n) is 3.50. The molecule has 0 N–H and O–H groups in total. The molecule has 8 heteroatoms. The minimum atomic E-state index is -0.0691. The van der Waals surface area contributed by atoms with Crippen LogP contribution < -0.4 is 4.90 Å². The van der Waals surface area contributed by atoms with Gasteiger partial charge in [0, 0.05) is 44.8 Å². The Hall–Kier alpha value is -3.29. The number of aryl methyl sites for hydroxylation is 1. The van der Waals surface area contributed by atoms with Crippen LogP contribution in [0.1, 0.15) is 21.9 Å². The fraction of sp³-hybridized carbons (Fsp3) is 0.316. The van der Waals surface area contributed by atoms with E-state index in [0.29, 0.717) is 18.8 Å². The van der Waals surface area contributed by atoms with Crippen molar-refractivity contribution in [1.29, 1.82) is 0 Å². The molecule has 1 aliphatic rings. The van der Waals surface area contributed by atoms with Crippen molar-refractivity contribution in [2.24, 2.45) is 0 Å². The standard InChI is InChI=1S/C19H21N7O/c1-14-18(15(2)26(23-14)17-5-3-4-6-22-17)24-9-11-25(12-10-24)19(27)16-13-20-7-8-21-16/h3-8,13H,9-12H2,1-2H3. The van der Waals surface area contributed by atoms with E-state index in [1.54, 1.807) is 18.6 Å². The van der Waals surface area contributed by atoms with Crippen molar-refractivity contribution >= 4 is 11.6 Å². The molecule has 3 aromatic rings. The summed E-state index contributed by atoms with van der Waals surface area (Å²) in [5, 5.41) is 4.67. The van der Waals surface area contributed by atoms with E-state index in [1.807, 2.05) is 34.7 Å². The van der Waals surface area contributed by atoms with Crippen LogP contribution in [0.25, 0.3) is 5.82 Å². The number of piperazine rings is 1. The summed E-state index contributed by atoms with van der Waals surface area (Å²) in [6.07, 6.45) is 6.39. The molecule has 8 nitrogen and oxygen atoms in total. The molecule has 1 amide bonds. The summed E-state index contributed by atoms with van der Waals surface area (Å²) in [6.45, 7) is 6.86. The summed E-state index contributed by atoms with van der Waals surface area (Å²) < 4.78 is 1.88. The first-order valence-corrected chi connectivity index (χ1v) is 8.93. The van der Waals surface area contributed by atoms with Gasteiger partial charge in [0.25, 0.3) is 5.91 Å². The minimum absolute atomic E-state index is 0.0691. The highest BCUT2D eigenvalue weighted by Gasteiger charge is 2.26. The maximum absolute atomic E-state index is 12.5. The number of carbonyl (C=O) groups is 1. The normalized spacial score (nSPS) is 14.4. The molecule has 1 saturated heterocycles. The molecule has 3 aromatic heterocycles. The van der Waals surface area contributed by atoms with E-state index in [1.165, 1.54) is 6.20 Å². The van der Waals surface area contributed by atoms with Gasteiger partial charge in [0.05, 0.1) is 23.3 Å². The van der Waals surface area contributed by atoms with Crippen molar-refractivity contribution in [1.82, 2.24) is 29.6 Å². The molecular weight excluding hydrogens is 342 g/mol. The lowest BCUT2D eigenvalue weighted by atomic mass is 10.2. The van der Waals surface area contributed by atoms with Crippen molar-refractivity contribution in [2.75, 3.05) is 31.1 Å². The van der Waals surface area contributed by atoms with E-state index in [4.69, 9.17) is 0 Å². The second kappa shape index (κ2) is 7.14. The molecule has 0 radical (unpaired) electrons. The minimum Gasteiger partial charge on any atom is -0.365 e. The van der Waals surface area contributed by atoms with Gasteiger partial charge in [-0.15, -0.1) is 0 Å². The molecule has 1 fully saturated rings. The Balaban J connectivity index is 1.50. The van der Waals surface area contributed by atoms with E-state index >= 15 is 0 Å². The Kier molecular flexibility index (Phi) is 4.53.